The first-order valence-electron chi connectivity index (χ1n) is 11.1. The average molecular weight is 494 g/mol. The maximum atomic E-state index is 12.7. The van der Waals surface area contributed by atoms with E-state index in [-0.39, 0.29) is 18.4 Å². The van der Waals surface area contributed by atoms with Gasteiger partial charge in [-0.1, -0.05) is 80.6 Å². The number of hydrogen-bond donors (Lipinski definition) is 2. The van der Waals surface area contributed by atoms with Crippen LogP contribution in [0.15, 0.2) is 78.9 Å². The van der Waals surface area contributed by atoms with Crippen molar-refractivity contribution in [1.82, 2.24) is 0 Å². The highest BCUT2D eigenvalue weighted by Crippen LogP contribution is 2.24. The number of carbonyl (C=O) groups excluding carboxylic acids is 3. The van der Waals surface area contributed by atoms with Gasteiger partial charge in [0.15, 0.2) is 11.0 Å². The lowest BCUT2D eigenvalue weighted by atomic mass is 10.00. The molecule has 0 radical (unpaired) electrons. The van der Waals surface area contributed by atoms with Crippen LogP contribution in [0.3, 0.4) is 0 Å². The number of ketones is 2. The molecule has 3 rings (SSSR count). The normalized spacial score (nSPS) is 12.2. The molecule has 0 aromatic heterocycles. The third kappa shape index (κ3) is 7.18. The Bertz CT molecular complexity index is 1300. The van der Waals surface area contributed by atoms with E-state index in [1.54, 1.807) is 30.3 Å². The fraction of sp³-hybridized carbons (Fsp3) is 0.222. The van der Waals surface area contributed by atoms with E-state index in [9.17, 15) is 27.4 Å². The summed E-state index contributed by atoms with van der Waals surface area (Å²) in [5.74, 6) is -1.65. The van der Waals surface area contributed by atoms with Crippen LogP contribution in [0.25, 0.3) is 0 Å². The maximum absolute atomic E-state index is 12.7. The number of anilines is 1. The van der Waals surface area contributed by atoms with Gasteiger partial charge in [-0.3, -0.25) is 18.9 Å². The predicted molar refractivity (Wildman–Crippen MR) is 134 cm³/mol. The summed E-state index contributed by atoms with van der Waals surface area (Å²) in [6.07, 6.45) is -0.258. The van der Waals surface area contributed by atoms with Crippen molar-refractivity contribution in [3.8, 4) is 0 Å². The molecule has 3 aromatic rings. The molecule has 0 aliphatic heterocycles. The van der Waals surface area contributed by atoms with Gasteiger partial charge in [-0.25, -0.2) is 0 Å². The first-order chi connectivity index (χ1) is 16.5. The van der Waals surface area contributed by atoms with E-state index >= 15 is 0 Å². The van der Waals surface area contributed by atoms with Crippen molar-refractivity contribution in [2.24, 2.45) is 0 Å². The van der Waals surface area contributed by atoms with Gasteiger partial charge < -0.3 is 5.32 Å². The Morgan fingerprint density at radius 1 is 0.771 bits per heavy atom. The van der Waals surface area contributed by atoms with Gasteiger partial charge in [-0.15, -0.1) is 0 Å². The minimum absolute atomic E-state index is 0.0205. The second-order valence-corrected chi connectivity index (χ2v) is 10.1. The van der Waals surface area contributed by atoms with Gasteiger partial charge in [0.2, 0.25) is 5.78 Å². The zero-order chi connectivity index (χ0) is 25.6. The van der Waals surface area contributed by atoms with Crippen molar-refractivity contribution in [3.63, 3.8) is 0 Å². The molecule has 35 heavy (non-hydrogen) atoms. The highest BCUT2D eigenvalue weighted by molar-refractivity contribution is 7.86. The van der Waals surface area contributed by atoms with E-state index < -0.39 is 32.8 Å². The molecule has 0 fully saturated rings. The Balaban J connectivity index is 1.61. The number of carbonyl (C=O) groups is 3. The number of benzene rings is 3. The molecule has 8 heteroatoms. The second kappa shape index (κ2) is 11.2. The standard InChI is InChI=1S/C27H27NO6S/c1-18(2)21-12-8-19(9-13-21)17-25(30)27(31)28-23-14-10-20(11-15-23)16-24(29)26(35(32,33)34)22-6-4-3-5-7-22/h3-15,18,26H,16-17H2,1-2H3,(H,28,31)(H,32,33,34). The van der Waals surface area contributed by atoms with Crippen molar-refractivity contribution in [3.05, 3.63) is 101 Å². The van der Waals surface area contributed by atoms with Crippen molar-refractivity contribution in [2.75, 3.05) is 5.32 Å². The van der Waals surface area contributed by atoms with E-state index in [1.807, 2.05) is 24.3 Å². The van der Waals surface area contributed by atoms with Crippen LogP contribution in [0, 0.1) is 0 Å². The molecule has 0 aliphatic rings. The lowest BCUT2D eigenvalue weighted by Crippen LogP contribution is -2.24. The van der Waals surface area contributed by atoms with E-state index in [2.05, 4.69) is 19.2 Å². The maximum Gasteiger partial charge on any atom is 0.292 e. The third-order valence-electron chi connectivity index (χ3n) is 5.55. The molecule has 1 amide bonds. The zero-order valence-corrected chi connectivity index (χ0v) is 20.3. The average Bonchev–Trinajstić information content (AvgIpc) is 2.80. The Morgan fingerprint density at radius 3 is 1.86 bits per heavy atom. The lowest BCUT2D eigenvalue weighted by molar-refractivity contribution is -0.134. The van der Waals surface area contributed by atoms with Gasteiger partial charge in [0.25, 0.3) is 16.0 Å². The summed E-state index contributed by atoms with van der Waals surface area (Å²) in [5, 5.41) is 0.851. The fourth-order valence-corrected chi connectivity index (χ4v) is 4.56. The van der Waals surface area contributed by atoms with E-state index in [4.69, 9.17) is 0 Å². The Labute approximate surface area is 204 Å². The van der Waals surface area contributed by atoms with Gasteiger partial charge in [0, 0.05) is 18.5 Å². The zero-order valence-electron chi connectivity index (χ0n) is 19.5. The van der Waals surface area contributed by atoms with Crippen LogP contribution in [-0.2, 0) is 37.3 Å². The van der Waals surface area contributed by atoms with Crippen LogP contribution in [0.5, 0.6) is 0 Å². The van der Waals surface area contributed by atoms with Crippen LogP contribution in [-0.4, -0.2) is 30.4 Å². The molecule has 2 N–H and O–H groups in total. The molecular weight excluding hydrogens is 466 g/mol. The minimum Gasteiger partial charge on any atom is -0.319 e. The molecule has 182 valence electrons. The van der Waals surface area contributed by atoms with E-state index in [0.29, 0.717) is 17.2 Å². The number of rotatable bonds is 10. The van der Waals surface area contributed by atoms with Crippen molar-refractivity contribution in [1.29, 1.82) is 0 Å². The molecule has 0 spiro atoms. The first-order valence-corrected chi connectivity index (χ1v) is 12.6. The summed E-state index contributed by atoms with van der Waals surface area (Å²) in [4.78, 5) is 37.3. The number of amides is 1. The van der Waals surface area contributed by atoms with Gasteiger partial charge in [-0.05, 0) is 40.3 Å². The van der Waals surface area contributed by atoms with Crippen LogP contribution in [0.2, 0.25) is 0 Å². The number of hydrogen-bond acceptors (Lipinski definition) is 5. The molecule has 0 bridgehead atoms. The summed E-state index contributed by atoms with van der Waals surface area (Å²) in [5.41, 5.74) is 2.94. The topological polar surface area (TPSA) is 118 Å². The minimum atomic E-state index is -4.65. The Kier molecular flexibility index (Phi) is 8.32. The Hall–Kier alpha value is -3.62. The molecule has 1 unspecified atom stereocenters. The summed E-state index contributed by atoms with van der Waals surface area (Å²) in [7, 11) is -4.65. The predicted octanol–water partition coefficient (Wildman–Crippen LogP) is 4.30. The number of nitrogens with one attached hydrogen (secondary N) is 1. The molecule has 0 saturated carbocycles. The molecule has 0 aliphatic carbocycles. The highest BCUT2D eigenvalue weighted by atomic mass is 32.2. The number of Topliss-reactive ketones (excluding diaryl/α,β-unsaturated/α-hetero) is 2. The van der Waals surface area contributed by atoms with E-state index in [1.165, 1.54) is 24.3 Å². The van der Waals surface area contributed by atoms with Crippen LogP contribution < -0.4 is 5.32 Å². The summed E-state index contributed by atoms with van der Waals surface area (Å²) >= 11 is 0. The van der Waals surface area contributed by atoms with Crippen molar-refractivity contribution >= 4 is 33.3 Å². The van der Waals surface area contributed by atoms with Crippen LogP contribution in [0.4, 0.5) is 5.69 Å². The van der Waals surface area contributed by atoms with Crippen molar-refractivity contribution < 1.29 is 27.4 Å². The smallest absolute Gasteiger partial charge is 0.292 e. The molecular formula is C27H27NO6S. The van der Waals surface area contributed by atoms with Gasteiger partial charge in [0.1, 0.15) is 0 Å². The second-order valence-electron chi connectivity index (χ2n) is 8.60. The molecule has 0 heterocycles. The van der Waals surface area contributed by atoms with Gasteiger partial charge in [0.05, 0.1) is 0 Å². The monoisotopic (exact) mass is 493 g/mol. The molecule has 3 aromatic carbocycles. The summed E-state index contributed by atoms with van der Waals surface area (Å²) < 4.78 is 33.3. The Morgan fingerprint density at radius 2 is 1.31 bits per heavy atom. The van der Waals surface area contributed by atoms with Gasteiger partial charge >= 0.3 is 0 Å². The first kappa shape index (κ1) is 26.0. The fourth-order valence-electron chi connectivity index (χ4n) is 3.64. The third-order valence-corrected chi connectivity index (χ3v) is 6.68. The highest BCUT2D eigenvalue weighted by Gasteiger charge is 2.32. The van der Waals surface area contributed by atoms with Crippen molar-refractivity contribution in [2.45, 2.75) is 37.9 Å². The molecule has 7 nitrogen and oxygen atoms in total. The van der Waals surface area contributed by atoms with Gasteiger partial charge in [-0.2, -0.15) is 8.42 Å². The lowest BCUT2D eigenvalue weighted by Gasteiger charge is -2.13. The summed E-state index contributed by atoms with van der Waals surface area (Å²) in [6.45, 7) is 4.15. The van der Waals surface area contributed by atoms with E-state index in [0.717, 1.165) is 11.1 Å². The molecule has 1 atom stereocenters. The SMILES string of the molecule is CC(C)c1ccc(CC(=O)C(=O)Nc2ccc(CC(=O)C(c3ccccc3)S(=O)(=O)O)cc2)cc1. The van der Waals surface area contributed by atoms with Crippen LogP contribution >= 0.6 is 0 Å². The quantitative estimate of drug-likeness (QED) is 0.321. The largest absolute Gasteiger partial charge is 0.319 e. The molecule has 0 saturated heterocycles. The van der Waals surface area contributed by atoms with Crippen LogP contribution in [0.1, 0.15) is 47.3 Å². The summed E-state index contributed by atoms with van der Waals surface area (Å²) in [6, 6.07) is 21.5.